The lowest BCUT2D eigenvalue weighted by Crippen LogP contribution is -2.45. The molecule has 1 aromatic carbocycles. The fourth-order valence-electron chi connectivity index (χ4n) is 4.84. The van der Waals surface area contributed by atoms with E-state index in [1.165, 1.54) is 6.07 Å². The summed E-state index contributed by atoms with van der Waals surface area (Å²) in [7, 11) is 0. The van der Waals surface area contributed by atoms with Gasteiger partial charge in [0.15, 0.2) is 0 Å². The van der Waals surface area contributed by atoms with Crippen LogP contribution in [0.4, 0.5) is 0 Å². The first kappa shape index (κ1) is 23.6. The molecule has 3 atom stereocenters. The summed E-state index contributed by atoms with van der Waals surface area (Å²) >= 11 is 12.2. The lowest BCUT2D eigenvalue weighted by atomic mass is 9.97. The van der Waals surface area contributed by atoms with Gasteiger partial charge in [0, 0.05) is 36.2 Å². The average molecular weight is 515 g/mol. The van der Waals surface area contributed by atoms with E-state index in [-0.39, 0.29) is 42.0 Å². The zero-order chi connectivity index (χ0) is 25.0. The van der Waals surface area contributed by atoms with Crippen LogP contribution < -0.4 is 5.56 Å². The molecule has 0 aliphatic carbocycles. The Labute approximate surface area is 211 Å². The molecular formula is C24H24Cl2N6O3. The molecule has 35 heavy (non-hydrogen) atoms. The van der Waals surface area contributed by atoms with Crippen LogP contribution in [0.1, 0.15) is 70.7 Å². The van der Waals surface area contributed by atoms with E-state index in [4.69, 9.17) is 28.3 Å². The number of aromatic nitrogens is 4. The van der Waals surface area contributed by atoms with Crippen molar-refractivity contribution in [2.75, 3.05) is 6.54 Å². The van der Waals surface area contributed by atoms with E-state index < -0.39 is 0 Å². The van der Waals surface area contributed by atoms with Crippen molar-refractivity contribution in [2.45, 2.75) is 51.9 Å². The number of halogens is 2. The third kappa shape index (κ3) is 4.02. The van der Waals surface area contributed by atoms with Gasteiger partial charge in [0.25, 0.3) is 17.4 Å². The molecule has 2 amide bonds. The predicted molar refractivity (Wildman–Crippen MR) is 131 cm³/mol. The summed E-state index contributed by atoms with van der Waals surface area (Å²) in [6.07, 6.45) is 0.541. The second-order valence-electron chi connectivity index (χ2n) is 9.16. The Morgan fingerprint density at radius 2 is 1.89 bits per heavy atom. The Morgan fingerprint density at radius 1 is 1.11 bits per heavy atom. The van der Waals surface area contributed by atoms with Gasteiger partial charge in [-0.3, -0.25) is 19.1 Å². The van der Waals surface area contributed by atoms with Crippen LogP contribution in [0.3, 0.4) is 0 Å². The van der Waals surface area contributed by atoms with Crippen LogP contribution in [0, 0.1) is 0 Å². The second kappa shape index (κ2) is 8.80. The third-order valence-electron chi connectivity index (χ3n) is 6.81. The van der Waals surface area contributed by atoms with Crippen LogP contribution in [0.5, 0.6) is 0 Å². The van der Waals surface area contributed by atoms with Gasteiger partial charge in [-0.05, 0) is 45.0 Å². The van der Waals surface area contributed by atoms with Gasteiger partial charge in [0.1, 0.15) is 5.69 Å². The molecule has 182 valence electrons. The SMILES string of the molecule is CC(c1ccc(=O)[nH]n1)N1C[C@@H](C)n2nc3c(c2C1=O)CN(C(=O)c1ccc(Cl)c(Cl)c1)[C@H](C)C3. The van der Waals surface area contributed by atoms with E-state index in [2.05, 4.69) is 10.2 Å². The van der Waals surface area contributed by atoms with Gasteiger partial charge in [0.05, 0.1) is 40.1 Å². The highest BCUT2D eigenvalue weighted by atomic mass is 35.5. The van der Waals surface area contributed by atoms with Crippen LogP contribution in [-0.2, 0) is 13.0 Å². The molecule has 0 radical (unpaired) electrons. The van der Waals surface area contributed by atoms with Crippen LogP contribution in [0.25, 0.3) is 0 Å². The average Bonchev–Trinajstić information content (AvgIpc) is 3.21. The van der Waals surface area contributed by atoms with Crippen molar-refractivity contribution in [1.29, 1.82) is 0 Å². The molecular weight excluding hydrogens is 491 g/mol. The number of nitrogens with zero attached hydrogens (tertiary/aromatic N) is 5. The maximum absolute atomic E-state index is 13.7. The van der Waals surface area contributed by atoms with Crippen LogP contribution >= 0.6 is 23.2 Å². The van der Waals surface area contributed by atoms with Crippen molar-refractivity contribution in [1.82, 2.24) is 29.8 Å². The van der Waals surface area contributed by atoms with Gasteiger partial charge in [0.2, 0.25) is 0 Å². The summed E-state index contributed by atoms with van der Waals surface area (Å²) in [5.41, 5.74) is 2.83. The first-order valence-electron chi connectivity index (χ1n) is 11.4. The first-order chi connectivity index (χ1) is 16.7. The van der Waals surface area contributed by atoms with Crippen molar-refractivity contribution in [3.05, 3.63) is 78.9 Å². The summed E-state index contributed by atoms with van der Waals surface area (Å²) in [6, 6.07) is 7.33. The smallest absolute Gasteiger partial charge is 0.273 e. The molecule has 2 aliphatic heterocycles. The highest BCUT2D eigenvalue weighted by Gasteiger charge is 2.40. The lowest BCUT2D eigenvalue weighted by Gasteiger charge is -2.37. The third-order valence-corrected chi connectivity index (χ3v) is 7.55. The van der Waals surface area contributed by atoms with E-state index in [9.17, 15) is 14.4 Å². The second-order valence-corrected chi connectivity index (χ2v) is 9.98. The molecule has 9 nitrogen and oxygen atoms in total. The van der Waals surface area contributed by atoms with Crippen molar-refractivity contribution >= 4 is 35.0 Å². The Morgan fingerprint density at radius 3 is 2.57 bits per heavy atom. The Kier molecular flexibility index (Phi) is 5.93. The molecule has 0 spiro atoms. The van der Waals surface area contributed by atoms with Crippen LogP contribution in [0.2, 0.25) is 10.0 Å². The molecule has 2 aliphatic rings. The number of rotatable bonds is 3. The molecule has 3 aromatic rings. The number of carbonyl (C=O) groups is 2. The predicted octanol–water partition coefficient (Wildman–Crippen LogP) is 3.64. The molecule has 0 saturated heterocycles. The van der Waals surface area contributed by atoms with Gasteiger partial charge < -0.3 is 9.80 Å². The lowest BCUT2D eigenvalue weighted by molar-refractivity contribution is 0.0569. The zero-order valence-electron chi connectivity index (χ0n) is 19.5. The number of benzene rings is 1. The molecule has 1 N–H and O–H groups in total. The first-order valence-corrected chi connectivity index (χ1v) is 12.1. The standard InChI is InChI=1S/C24H24Cl2N6O3/c1-12-8-20-16(11-30(12)23(34)15-4-5-17(25)18(26)9-15)22-24(35)31(10-13(2)32(22)29-20)14(3)19-6-7-21(33)28-27-19/h4-7,9,12-14H,8,10-11H2,1-3H3,(H,28,33)/t12-,13-,14?/m1/s1. The van der Waals surface area contributed by atoms with Gasteiger partial charge >= 0.3 is 0 Å². The number of amides is 2. The molecule has 0 bridgehead atoms. The molecule has 2 aromatic heterocycles. The van der Waals surface area contributed by atoms with Crippen LogP contribution in [0.15, 0.2) is 35.1 Å². The Balaban J connectivity index is 1.48. The summed E-state index contributed by atoms with van der Waals surface area (Å²) in [6.45, 7) is 6.58. The van der Waals surface area contributed by atoms with Gasteiger partial charge in [-0.15, -0.1) is 0 Å². The number of carbonyl (C=O) groups excluding carboxylic acids is 2. The number of nitrogens with one attached hydrogen (secondary N) is 1. The molecule has 11 heteroatoms. The van der Waals surface area contributed by atoms with E-state index in [1.807, 2.05) is 20.8 Å². The summed E-state index contributed by atoms with van der Waals surface area (Å²) in [5, 5.41) is 12.0. The Hall–Kier alpha value is -3.17. The van der Waals surface area contributed by atoms with E-state index in [1.54, 1.807) is 38.7 Å². The molecule has 5 rings (SSSR count). The molecule has 1 unspecified atom stereocenters. The monoisotopic (exact) mass is 514 g/mol. The number of fused-ring (bicyclic) bond motifs is 3. The summed E-state index contributed by atoms with van der Waals surface area (Å²) in [5.74, 6) is -0.352. The number of H-pyrrole nitrogens is 1. The van der Waals surface area contributed by atoms with E-state index >= 15 is 0 Å². The quantitative estimate of drug-likeness (QED) is 0.574. The Bertz CT molecular complexity index is 1380. The van der Waals surface area contributed by atoms with Gasteiger partial charge in [-0.2, -0.15) is 10.2 Å². The molecule has 0 fully saturated rings. The minimum Gasteiger partial charge on any atom is -0.331 e. The number of aromatic amines is 1. The highest BCUT2D eigenvalue weighted by Crippen LogP contribution is 2.35. The molecule has 0 saturated carbocycles. The van der Waals surface area contributed by atoms with Crippen molar-refractivity contribution in [3.8, 4) is 0 Å². The minimum absolute atomic E-state index is 0.0620. The maximum Gasteiger partial charge on any atom is 0.273 e. The van der Waals surface area contributed by atoms with Gasteiger partial charge in [-0.1, -0.05) is 23.2 Å². The topological polar surface area (TPSA) is 104 Å². The normalized spacial score (nSPS) is 20.4. The molecule has 4 heterocycles. The highest BCUT2D eigenvalue weighted by molar-refractivity contribution is 6.42. The van der Waals surface area contributed by atoms with Crippen LogP contribution in [-0.4, -0.2) is 54.2 Å². The number of hydrogen-bond donors (Lipinski definition) is 1. The maximum atomic E-state index is 13.7. The summed E-state index contributed by atoms with van der Waals surface area (Å²) in [4.78, 5) is 42.0. The fourth-order valence-corrected chi connectivity index (χ4v) is 5.14. The van der Waals surface area contributed by atoms with Crippen molar-refractivity contribution in [3.63, 3.8) is 0 Å². The zero-order valence-corrected chi connectivity index (χ0v) is 21.0. The van der Waals surface area contributed by atoms with Gasteiger partial charge in [-0.25, -0.2) is 5.10 Å². The number of hydrogen-bond acceptors (Lipinski definition) is 5. The van der Waals surface area contributed by atoms with Crippen molar-refractivity contribution < 1.29 is 9.59 Å². The van der Waals surface area contributed by atoms with E-state index in [0.717, 1.165) is 11.3 Å². The summed E-state index contributed by atoms with van der Waals surface area (Å²) < 4.78 is 1.79. The fraction of sp³-hybridized carbons (Fsp3) is 0.375. The largest absolute Gasteiger partial charge is 0.331 e. The van der Waals surface area contributed by atoms with Crippen molar-refractivity contribution in [2.24, 2.45) is 0 Å². The minimum atomic E-state index is -0.349. The van der Waals surface area contributed by atoms with E-state index in [0.29, 0.717) is 40.0 Å².